The highest BCUT2D eigenvalue weighted by Gasteiger charge is 2.32. The van der Waals surface area contributed by atoms with E-state index in [9.17, 15) is 18.3 Å². The highest BCUT2D eigenvalue weighted by Crippen LogP contribution is 2.29. The molecular formula is C12H11F3N2O. The number of aliphatic hydroxyl groups is 1. The Morgan fingerprint density at radius 3 is 2.50 bits per heavy atom. The van der Waals surface area contributed by atoms with Crippen LogP contribution in [0.2, 0.25) is 0 Å². The van der Waals surface area contributed by atoms with Gasteiger partial charge in [-0.1, -0.05) is 18.2 Å². The van der Waals surface area contributed by atoms with Crippen LogP contribution in [0.25, 0.3) is 5.69 Å². The van der Waals surface area contributed by atoms with Crippen molar-refractivity contribution in [1.29, 1.82) is 0 Å². The van der Waals surface area contributed by atoms with Crippen LogP contribution in [0, 0.1) is 0 Å². The van der Waals surface area contributed by atoms with E-state index in [0.717, 1.165) is 5.69 Å². The van der Waals surface area contributed by atoms with Gasteiger partial charge in [0.15, 0.2) is 0 Å². The van der Waals surface area contributed by atoms with Crippen LogP contribution in [0.3, 0.4) is 0 Å². The predicted molar refractivity (Wildman–Crippen MR) is 59.2 cm³/mol. The molecule has 1 N–H and O–H groups in total. The lowest BCUT2D eigenvalue weighted by molar-refractivity contribution is -0.154. The zero-order valence-corrected chi connectivity index (χ0v) is 9.30. The number of aliphatic hydroxyl groups excluding tert-OH is 1. The molecule has 0 spiro atoms. The molecule has 96 valence electrons. The summed E-state index contributed by atoms with van der Waals surface area (Å²) in [6.07, 6.45) is -4.61. The normalized spacial score (nSPS) is 13.6. The molecule has 0 aliphatic heterocycles. The van der Waals surface area contributed by atoms with Gasteiger partial charge < -0.3 is 5.11 Å². The zero-order valence-electron chi connectivity index (χ0n) is 9.30. The largest absolute Gasteiger partial charge is 0.391 e. The third-order valence-corrected chi connectivity index (χ3v) is 2.43. The summed E-state index contributed by atoms with van der Waals surface area (Å²) in [6, 6.07) is 8.96. The predicted octanol–water partition coefficient (Wildman–Crippen LogP) is 2.86. The lowest BCUT2D eigenvalue weighted by atomic mass is 10.1. The average Bonchev–Trinajstić information content (AvgIpc) is 2.77. The molecule has 1 heterocycles. The van der Waals surface area contributed by atoms with Gasteiger partial charge in [0, 0.05) is 11.8 Å². The van der Waals surface area contributed by atoms with Gasteiger partial charge in [-0.05, 0) is 12.1 Å². The number of rotatable bonds is 3. The minimum atomic E-state index is -4.39. The van der Waals surface area contributed by atoms with E-state index in [0.29, 0.717) is 0 Å². The van der Waals surface area contributed by atoms with Gasteiger partial charge in [0.1, 0.15) is 0 Å². The Hall–Kier alpha value is -1.82. The Balaban J connectivity index is 2.16. The van der Waals surface area contributed by atoms with Crippen molar-refractivity contribution in [2.45, 2.75) is 18.7 Å². The van der Waals surface area contributed by atoms with E-state index in [2.05, 4.69) is 5.10 Å². The number of halogens is 3. The molecule has 18 heavy (non-hydrogen) atoms. The lowest BCUT2D eigenvalue weighted by Crippen LogP contribution is -2.13. The van der Waals surface area contributed by atoms with E-state index >= 15 is 0 Å². The second kappa shape index (κ2) is 4.81. The number of nitrogens with zero attached hydrogens (tertiary/aromatic N) is 2. The van der Waals surface area contributed by atoms with Crippen LogP contribution in [0.5, 0.6) is 0 Å². The quantitative estimate of drug-likeness (QED) is 0.917. The first kappa shape index (κ1) is 12.6. The number of hydrogen-bond acceptors (Lipinski definition) is 2. The lowest BCUT2D eigenvalue weighted by Gasteiger charge is -2.10. The molecule has 6 heteroatoms. The molecule has 2 rings (SSSR count). The summed E-state index contributed by atoms with van der Waals surface area (Å²) in [5.74, 6) is 0. The Morgan fingerprint density at radius 2 is 1.89 bits per heavy atom. The van der Waals surface area contributed by atoms with Gasteiger partial charge in [-0.25, -0.2) is 4.68 Å². The summed E-state index contributed by atoms with van der Waals surface area (Å²) in [6.45, 7) is 0. The zero-order chi connectivity index (χ0) is 13.2. The second-order valence-electron chi connectivity index (χ2n) is 3.89. The summed E-state index contributed by atoms with van der Waals surface area (Å²) in [5.41, 5.74) is 0.874. The molecule has 0 saturated heterocycles. The summed E-state index contributed by atoms with van der Waals surface area (Å²) in [4.78, 5) is 0. The Kier molecular flexibility index (Phi) is 3.38. The SMILES string of the molecule is OC(CC(F)(F)F)c1cnn(-c2ccccc2)c1. The summed E-state index contributed by atoms with van der Waals surface area (Å²) >= 11 is 0. The molecule has 0 radical (unpaired) electrons. The first-order chi connectivity index (χ1) is 8.46. The second-order valence-corrected chi connectivity index (χ2v) is 3.89. The van der Waals surface area contributed by atoms with Crippen molar-refractivity contribution < 1.29 is 18.3 Å². The van der Waals surface area contributed by atoms with Crippen LogP contribution in [0.15, 0.2) is 42.7 Å². The molecular weight excluding hydrogens is 245 g/mol. The summed E-state index contributed by atoms with van der Waals surface area (Å²) in [7, 11) is 0. The molecule has 2 aromatic rings. The fraction of sp³-hybridized carbons (Fsp3) is 0.250. The Morgan fingerprint density at radius 1 is 1.22 bits per heavy atom. The smallest absolute Gasteiger partial charge is 0.388 e. The fourth-order valence-corrected chi connectivity index (χ4v) is 1.57. The fourth-order valence-electron chi connectivity index (χ4n) is 1.57. The van der Waals surface area contributed by atoms with Crippen molar-refractivity contribution in [2.24, 2.45) is 0 Å². The molecule has 0 bridgehead atoms. The summed E-state index contributed by atoms with van der Waals surface area (Å²) < 4.78 is 37.8. The Labute approximate surface area is 101 Å². The van der Waals surface area contributed by atoms with Crippen molar-refractivity contribution in [3.8, 4) is 5.69 Å². The van der Waals surface area contributed by atoms with Gasteiger partial charge in [-0.15, -0.1) is 0 Å². The topological polar surface area (TPSA) is 38.1 Å². The van der Waals surface area contributed by atoms with Gasteiger partial charge in [0.2, 0.25) is 0 Å². The van der Waals surface area contributed by atoms with Crippen molar-refractivity contribution in [2.75, 3.05) is 0 Å². The summed E-state index contributed by atoms with van der Waals surface area (Å²) in [5, 5.41) is 13.4. The van der Waals surface area contributed by atoms with Crippen LogP contribution in [-0.2, 0) is 0 Å². The van der Waals surface area contributed by atoms with Gasteiger partial charge in [0.05, 0.1) is 24.4 Å². The number of hydrogen-bond donors (Lipinski definition) is 1. The maximum atomic E-state index is 12.1. The van der Waals surface area contributed by atoms with Crippen molar-refractivity contribution >= 4 is 0 Å². The molecule has 0 amide bonds. The molecule has 1 aromatic carbocycles. The third kappa shape index (κ3) is 3.10. The average molecular weight is 256 g/mol. The van der Waals surface area contributed by atoms with Crippen molar-refractivity contribution in [3.05, 3.63) is 48.3 Å². The number of benzene rings is 1. The van der Waals surface area contributed by atoms with Crippen molar-refractivity contribution in [3.63, 3.8) is 0 Å². The van der Waals surface area contributed by atoms with E-state index < -0.39 is 18.7 Å². The van der Waals surface area contributed by atoms with Crippen LogP contribution in [0.4, 0.5) is 13.2 Å². The van der Waals surface area contributed by atoms with E-state index in [1.807, 2.05) is 6.07 Å². The van der Waals surface area contributed by atoms with Gasteiger partial charge >= 0.3 is 6.18 Å². The van der Waals surface area contributed by atoms with Crippen LogP contribution >= 0.6 is 0 Å². The van der Waals surface area contributed by atoms with E-state index in [1.165, 1.54) is 17.1 Å². The monoisotopic (exact) mass is 256 g/mol. The minimum absolute atomic E-state index is 0.149. The molecule has 3 nitrogen and oxygen atoms in total. The maximum absolute atomic E-state index is 12.1. The molecule has 1 atom stereocenters. The molecule has 0 aliphatic carbocycles. The number of para-hydroxylation sites is 1. The highest BCUT2D eigenvalue weighted by molar-refractivity contribution is 5.31. The van der Waals surface area contributed by atoms with E-state index in [4.69, 9.17) is 0 Å². The molecule has 1 aromatic heterocycles. The van der Waals surface area contributed by atoms with E-state index in [1.54, 1.807) is 24.3 Å². The van der Waals surface area contributed by atoms with E-state index in [-0.39, 0.29) is 5.56 Å². The van der Waals surface area contributed by atoms with Gasteiger partial charge in [-0.2, -0.15) is 18.3 Å². The molecule has 0 fully saturated rings. The molecule has 1 unspecified atom stereocenters. The van der Waals surface area contributed by atoms with Crippen LogP contribution < -0.4 is 0 Å². The number of alkyl halides is 3. The number of aromatic nitrogens is 2. The maximum Gasteiger partial charge on any atom is 0.391 e. The molecule has 0 saturated carbocycles. The van der Waals surface area contributed by atoms with Crippen molar-refractivity contribution in [1.82, 2.24) is 9.78 Å². The Bertz CT molecular complexity index is 508. The highest BCUT2D eigenvalue weighted by atomic mass is 19.4. The first-order valence-corrected chi connectivity index (χ1v) is 5.30. The van der Waals surface area contributed by atoms with Crippen LogP contribution in [-0.4, -0.2) is 21.1 Å². The third-order valence-electron chi connectivity index (χ3n) is 2.43. The van der Waals surface area contributed by atoms with Gasteiger partial charge in [0.25, 0.3) is 0 Å². The van der Waals surface area contributed by atoms with Gasteiger partial charge in [-0.3, -0.25) is 0 Å². The first-order valence-electron chi connectivity index (χ1n) is 5.30. The minimum Gasteiger partial charge on any atom is -0.388 e. The molecule has 0 aliphatic rings. The van der Waals surface area contributed by atoms with Crippen LogP contribution in [0.1, 0.15) is 18.1 Å². The standard InChI is InChI=1S/C12H11F3N2O/c13-12(14,15)6-11(18)9-7-16-17(8-9)10-4-2-1-3-5-10/h1-5,7-8,11,18H,6H2.